The van der Waals surface area contributed by atoms with Crippen LogP contribution in [0.1, 0.15) is 66.2 Å². The number of unbranched alkanes of at least 4 members (excludes halogenated alkanes) is 5. The Balaban J connectivity index is 2.35. The largest absolute Gasteiger partial charge is 0.493 e. The zero-order valence-corrected chi connectivity index (χ0v) is 11.6. The summed E-state index contributed by atoms with van der Waals surface area (Å²) in [5.41, 5.74) is 1.03. The molecular formula is C16H22O3. The van der Waals surface area contributed by atoms with Crippen LogP contribution in [-0.2, 0) is 0 Å². The van der Waals surface area contributed by atoms with Gasteiger partial charge in [-0.15, -0.1) is 0 Å². The Morgan fingerprint density at radius 2 is 1.74 bits per heavy atom. The quantitative estimate of drug-likeness (QED) is 0.472. The fraction of sp³-hybridized carbons (Fsp3) is 0.500. The van der Waals surface area contributed by atoms with Crippen LogP contribution in [0.5, 0.6) is 5.75 Å². The van der Waals surface area contributed by atoms with Gasteiger partial charge in [0.25, 0.3) is 0 Å². The van der Waals surface area contributed by atoms with E-state index in [4.69, 9.17) is 4.74 Å². The number of hydrogen-bond donors (Lipinski definition) is 0. The Morgan fingerprint density at radius 1 is 1.00 bits per heavy atom. The molecule has 3 nitrogen and oxygen atoms in total. The van der Waals surface area contributed by atoms with Crippen LogP contribution < -0.4 is 4.74 Å². The second-order valence-electron chi connectivity index (χ2n) is 4.65. The Bertz CT molecular complexity index is 399. The third-order valence-electron chi connectivity index (χ3n) is 3.06. The molecule has 0 heterocycles. The van der Waals surface area contributed by atoms with Gasteiger partial charge in [0, 0.05) is 5.56 Å². The number of aldehydes is 2. The maximum Gasteiger partial charge on any atom is 0.153 e. The van der Waals surface area contributed by atoms with Crippen LogP contribution in [0.3, 0.4) is 0 Å². The smallest absolute Gasteiger partial charge is 0.153 e. The highest BCUT2D eigenvalue weighted by Crippen LogP contribution is 2.18. The van der Waals surface area contributed by atoms with Gasteiger partial charge in [-0.1, -0.05) is 45.1 Å². The van der Waals surface area contributed by atoms with Crippen molar-refractivity contribution >= 4 is 12.6 Å². The lowest BCUT2D eigenvalue weighted by atomic mass is 10.1. The summed E-state index contributed by atoms with van der Waals surface area (Å²) in [4.78, 5) is 21.6. The van der Waals surface area contributed by atoms with E-state index in [9.17, 15) is 9.59 Å². The number of carbonyl (C=O) groups excluding carboxylic acids is 2. The van der Waals surface area contributed by atoms with Crippen LogP contribution in [0.4, 0.5) is 0 Å². The van der Waals surface area contributed by atoms with E-state index >= 15 is 0 Å². The first kappa shape index (κ1) is 15.4. The lowest BCUT2D eigenvalue weighted by Gasteiger charge is -2.08. The van der Waals surface area contributed by atoms with Crippen molar-refractivity contribution in [1.82, 2.24) is 0 Å². The van der Waals surface area contributed by atoms with Gasteiger partial charge in [0.15, 0.2) is 6.29 Å². The van der Waals surface area contributed by atoms with Crippen LogP contribution in [0, 0.1) is 0 Å². The van der Waals surface area contributed by atoms with Gasteiger partial charge in [-0.2, -0.15) is 0 Å². The van der Waals surface area contributed by atoms with Crippen LogP contribution in [0.2, 0.25) is 0 Å². The molecule has 104 valence electrons. The van der Waals surface area contributed by atoms with Crippen molar-refractivity contribution in [1.29, 1.82) is 0 Å². The monoisotopic (exact) mass is 262 g/mol. The lowest BCUT2D eigenvalue weighted by Crippen LogP contribution is -2.01. The van der Waals surface area contributed by atoms with Gasteiger partial charge in [0.2, 0.25) is 0 Å². The van der Waals surface area contributed by atoms with Gasteiger partial charge < -0.3 is 4.74 Å². The molecule has 0 saturated heterocycles. The van der Waals surface area contributed by atoms with E-state index in [1.54, 1.807) is 18.2 Å². The Kier molecular flexibility index (Phi) is 7.56. The van der Waals surface area contributed by atoms with Gasteiger partial charge in [-0.25, -0.2) is 0 Å². The normalized spacial score (nSPS) is 10.2. The molecule has 3 heteroatoms. The van der Waals surface area contributed by atoms with Gasteiger partial charge in [-0.05, 0) is 18.6 Å². The molecule has 0 radical (unpaired) electrons. The number of hydrogen-bond acceptors (Lipinski definition) is 3. The third-order valence-corrected chi connectivity index (χ3v) is 3.06. The summed E-state index contributed by atoms with van der Waals surface area (Å²) in [6.07, 6.45) is 8.67. The lowest BCUT2D eigenvalue weighted by molar-refractivity contribution is 0.110. The maximum atomic E-state index is 10.9. The molecule has 0 N–H and O–H groups in total. The third kappa shape index (κ3) is 5.69. The molecule has 19 heavy (non-hydrogen) atoms. The molecule has 0 atom stereocenters. The zero-order valence-electron chi connectivity index (χ0n) is 11.6. The average Bonchev–Trinajstić information content (AvgIpc) is 2.46. The van der Waals surface area contributed by atoms with Crippen molar-refractivity contribution in [2.75, 3.05) is 6.61 Å². The van der Waals surface area contributed by atoms with Crippen molar-refractivity contribution in [3.8, 4) is 5.75 Å². The molecule has 0 aliphatic heterocycles. The van der Waals surface area contributed by atoms with E-state index in [1.165, 1.54) is 25.7 Å². The predicted molar refractivity (Wildman–Crippen MR) is 76.1 cm³/mol. The molecule has 0 saturated carbocycles. The molecule has 1 aromatic carbocycles. The van der Waals surface area contributed by atoms with Crippen molar-refractivity contribution in [3.05, 3.63) is 29.3 Å². The molecule has 0 aliphatic rings. The molecule has 0 fully saturated rings. The standard InChI is InChI=1S/C16H22O3/c1-2-3-4-5-6-7-10-19-16-11-14(12-17)8-9-15(16)13-18/h8-9,11-13H,2-7,10H2,1H3. The molecule has 1 aromatic rings. The summed E-state index contributed by atoms with van der Waals surface area (Å²) in [5.74, 6) is 0.508. The van der Waals surface area contributed by atoms with Crippen molar-refractivity contribution in [2.24, 2.45) is 0 Å². The molecule has 0 bridgehead atoms. The summed E-state index contributed by atoms with van der Waals surface area (Å²) in [6, 6.07) is 4.86. The summed E-state index contributed by atoms with van der Waals surface area (Å²) in [5, 5.41) is 0. The van der Waals surface area contributed by atoms with Gasteiger partial charge >= 0.3 is 0 Å². The Hall–Kier alpha value is -1.64. The first-order chi connectivity index (χ1) is 9.31. The predicted octanol–water partition coefficient (Wildman–Crippen LogP) is 4.05. The zero-order chi connectivity index (χ0) is 13.9. The number of rotatable bonds is 10. The van der Waals surface area contributed by atoms with Crippen molar-refractivity contribution in [2.45, 2.75) is 45.4 Å². The fourth-order valence-corrected chi connectivity index (χ4v) is 1.91. The Labute approximate surface area is 115 Å². The first-order valence-corrected chi connectivity index (χ1v) is 6.99. The highest BCUT2D eigenvalue weighted by atomic mass is 16.5. The van der Waals surface area contributed by atoms with E-state index < -0.39 is 0 Å². The van der Waals surface area contributed by atoms with E-state index in [2.05, 4.69) is 6.92 Å². The van der Waals surface area contributed by atoms with Gasteiger partial charge in [0.05, 0.1) is 12.2 Å². The molecule has 0 aliphatic carbocycles. The summed E-state index contributed by atoms with van der Waals surface area (Å²) in [6.45, 7) is 2.79. The van der Waals surface area contributed by atoms with E-state index in [1.807, 2.05) is 0 Å². The number of ether oxygens (including phenoxy) is 1. The topological polar surface area (TPSA) is 43.4 Å². The van der Waals surface area contributed by atoms with Crippen molar-refractivity contribution < 1.29 is 14.3 Å². The van der Waals surface area contributed by atoms with Crippen LogP contribution >= 0.6 is 0 Å². The average molecular weight is 262 g/mol. The minimum atomic E-state index is 0.497. The van der Waals surface area contributed by atoms with Crippen LogP contribution in [0.25, 0.3) is 0 Å². The first-order valence-electron chi connectivity index (χ1n) is 6.99. The van der Waals surface area contributed by atoms with E-state index in [0.29, 0.717) is 23.5 Å². The SMILES string of the molecule is CCCCCCCCOc1cc(C=O)ccc1C=O. The second kappa shape index (κ2) is 9.31. The molecule has 0 amide bonds. The second-order valence-corrected chi connectivity index (χ2v) is 4.65. The summed E-state index contributed by atoms with van der Waals surface area (Å²) >= 11 is 0. The van der Waals surface area contributed by atoms with Crippen molar-refractivity contribution in [3.63, 3.8) is 0 Å². The van der Waals surface area contributed by atoms with Gasteiger partial charge in [0.1, 0.15) is 12.0 Å². The highest BCUT2D eigenvalue weighted by molar-refractivity contribution is 5.83. The van der Waals surface area contributed by atoms with Crippen LogP contribution in [0.15, 0.2) is 18.2 Å². The molecule has 0 unspecified atom stereocenters. The molecule has 0 aromatic heterocycles. The molecule has 1 rings (SSSR count). The summed E-state index contributed by atoms with van der Waals surface area (Å²) in [7, 11) is 0. The minimum Gasteiger partial charge on any atom is -0.493 e. The molecule has 0 spiro atoms. The van der Waals surface area contributed by atoms with E-state index in [0.717, 1.165) is 25.4 Å². The summed E-state index contributed by atoms with van der Waals surface area (Å²) < 4.78 is 5.59. The fourth-order valence-electron chi connectivity index (χ4n) is 1.91. The minimum absolute atomic E-state index is 0.497. The molecular weight excluding hydrogens is 240 g/mol. The van der Waals surface area contributed by atoms with E-state index in [-0.39, 0.29) is 0 Å². The highest BCUT2D eigenvalue weighted by Gasteiger charge is 2.04. The van der Waals surface area contributed by atoms with Gasteiger partial charge in [-0.3, -0.25) is 9.59 Å². The number of carbonyl (C=O) groups is 2. The number of benzene rings is 1. The Morgan fingerprint density at radius 3 is 2.42 bits per heavy atom. The maximum absolute atomic E-state index is 10.9. The van der Waals surface area contributed by atoms with Crippen LogP contribution in [-0.4, -0.2) is 19.2 Å².